The molecule has 5 rings (SSSR count). The van der Waals surface area contributed by atoms with Gasteiger partial charge in [0.15, 0.2) is 11.8 Å². The third kappa shape index (κ3) is 4.21. The van der Waals surface area contributed by atoms with Crippen molar-refractivity contribution in [3.63, 3.8) is 0 Å². The molecule has 33 heavy (non-hydrogen) atoms. The molecule has 0 saturated heterocycles. The van der Waals surface area contributed by atoms with Crippen LogP contribution in [0.2, 0.25) is 5.02 Å². The summed E-state index contributed by atoms with van der Waals surface area (Å²) in [6, 6.07) is 25.8. The number of carbonyl (C=O) groups excluding carboxylic acids is 1. The zero-order valence-electron chi connectivity index (χ0n) is 17.7. The predicted octanol–water partition coefficient (Wildman–Crippen LogP) is 5.72. The van der Waals surface area contributed by atoms with Crippen molar-refractivity contribution in [1.29, 1.82) is 0 Å². The summed E-state index contributed by atoms with van der Waals surface area (Å²) in [6.45, 7) is 1.81. The zero-order chi connectivity index (χ0) is 22.8. The van der Waals surface area contributed by atoms with Crippen molar-refractivity contribution in [2.75, 3.05) is 0 Å². The largest absolute Gasteiger partial charge is 0.447 e. The summed E-state index contributed by atoms with van der Waals surface area (Å²) in [4.78, 5) is 22.3. The molecule has 1 unspecified atom stereocenters. The summed E-state index contributed by atoms with van der Waals surface area (Å²) in [5.74, 6) is 0.0975. The fourth-order valence-electron chi connectivity index (χ4n) is 3.67. The van der Waals surface area contributed by atoms with Gasteiger partial charge in [-0.1, -0.05) is 60.1 Å². The Balaban J connectivity index is 1.66. The van der Waals surface area contributed by atoms with E-state index in [0.717, 1.165) is 11.3 Å². The number of hydrogen-bond acceptors (Lipinski definition) is 5. The van der Waals surface area contributed by atoms with Crippen LogP contribution in [0.1, 0.15) is 33.5 Å². The first-order valence-corrected chi connectivity index (χ1v) is 10.8. The van der Waals surface area contributed by atoms with E-state index in [0.29, 0.717) is 33.1 Å². The number of nitrogens with zero attached hydrogens (tertiary/aromatic N) is 4. The summed E-state index contributed by atoms with van der Waals surface area (Å²) in [5.41, 5.74) is 3.28. The number of rotatable bonds is 5. The second-order valence-corrected chi connectivity index (χ2v) is 7.92. The zero-order valence-corrected chi connectivity index (χ0v) is 18.5. The fourth-order valence-corrected chi connectivity index (χ4v) is 3.80. The van der Waals surface area contributed by atoms with E-state index in [9.17, 15) is 4.79 Å². The SMILES string of the molecule is Cc1nc(C(OC(=O)c2ccccc2)c2ccc(Cl)cc2)c2cnn(-c3ccccc3)c2n1. The van der Waals surface area contributed by atoms with Gasteiger partial charge in [-0.2, -0.15) is 5.10 Å². The van der Waals surface area contributed by atoms with Gasteiger partial charge in [0.05, 0.1) is 22.8 Å². The maximum absolute atomic E-state index is 13.0. The molecule has 0 bridgehead atoms. The molecule has 1 atom stereocenters. The second kappa shape index (κ2) is 8.84. The van der Waals surface area contributed by atoms with Crippen molar-refractivity contribution >= 4 is 28.6 Å². The highest BCUT2D eigenvalue weighted by molar-refractivity contribution is 6.30. The molecule has 6 nitrogen and oxygen atoms in total. The van der Waals surface area contributed by atoms with Gasteiger partial charge in [0, 0.05) is 5.02 Å². The van der Waals surface area contributed by atoms with Crippen LogP contribution in [0.25, 0.3) is 16.7 Å². The van der Waals surface area contributed by atoms with E-state index in [1.807, 2.05) is 55.5 Å². The lowest BCUT2D eigenvalue weighted by Gasteiger charge is -2.19. The minimum absolute atomic E-state index is 0.449. The lowest BCUT2D eigenvalue weighted by Crippen LogP contribution is -2.15. The highest BCUT2D eigenvalue weighted by Crippen LogP contribution is 2.32. The number of benzene rings is 3. The van der Waals surface area contributed by atoms with Crippen molar-refractivity contribution in [2.24, 2.45) is 0 Å². The van der Waals surface area contributed by atoms with Gasteiger partial charge < -0.3 is 4.74 Å². The number of aromatic nitrogens is 4. The standard InChI is InChI=1S/C26H19ClN4O2/c1-17-29-23(22-16-28-31(25(22)30-17)21-10-6-3-7-11-21)24(18-12-14-20(27)15-13-18)33-26(32)19-8-4-2-5-9-19/h2-16,24H,1H3. The first-order chi connectivity index (χ1) is 16.1. The van der Waals surface area contributed by atoms with Gasteiger partial charge in [-0.25, -0.2) is 19.4 Å². The molecule has 0 fully saturated rings. The van der Waals surface area contributed by atoms with Crippen LogP contribution >= 0.6 is 11.6 Å². The van der Waals surface area contributed by atoms with Gasteiger partial charge in [0.1, 0.15) is 11.5 Å². The molecule has 162 valence electrons. The average Bonchev–Trinajstić information content (AvgIpc) is 3.27. The van der Waals surface area contributed by atoms with Crippen molar-refractivity contribution < 1.29 is 9.53 Å². The third-order valence-corrected chi connectivity index (χ3v) is 5.48. The van der Waals surface area contributed by atoms with Crippen molar-refractivity contribution in [2.45, 2.75) is 13.0 Å². The smallest absolute Gasteiger partial charge is 0.339 e. The van der Waals surface area contributed by atoms with Crippen molar-refractivity contribution in [3.05, 3.63) is 119 Å². The van der Waals surface area contributed by atoms with E-state index in [-0.39, 0.29) is 0 Å². The molecule has 5 aromatic rings. The molecule has 0 aliphatic heterocycles. The Morgan fingerprint density at radius 1 is 0.909 bits per heavy atom. The molecule has 0 N–H and O–H groups in total. The first-order valence-electron chi connectivity index (χ1n) is 10.4. The first kappa shape index (κ1) is 20.8. The summed E-state index contributed by atoms with van der Waals surface area (Å²) in [5, 5.41) is 5.84. The predicted molar refractivity (Wildman–Crippen MR) is 127 cm³/mol. The molecule has 0 amide bonds. The molecular weight excluding hydrogens is 436 g/mol. The van der Waals surface area contributed by atoms with Crippen LogP contribution in [-0.2, 0) is 4.74 Å². The van der Waals surface area contributed by atoms with Gasteiger partial charge in [-0.15, -0.1) is 0 Å². The number of carbonyl (C=O) groups is 1. The van der Waals surface area contributed by atoms with Crippen LogP contribution in [0, 0.1) is 6.92 Å². The Hall–Kier alpha value is -4.03. The molecule has 0 aliphatic carbocycles. The van der Waals surface area contributed by atoms with Crippen molar-refractivity contribution in [1.82, 2.24) is 19.7 Å². The van der Waals surface area contributed by atoms with Gasteiger partial charge in [0.2, 0.25) is 0 Å². The Morgan fingerprint density at radius 2 is 1.58 bits per heavy atom. The normalized spacial score (nSPS) is 11.9. The molecule has 0 aliphatic rings. The summed E-state index contributed by atoms with van der Waals surface area (Å²) >= 11 is 6.11. The fraction of sp³-hybridized carbons (Fsp3) is 0.0769. The van der Waals surface area contributed by atoms with Crippen LogP contribution < -0.4 is 0 Å². The van der Waals surface area contributed by atoms with Crippen LogP contribution in [0.3, 0.4) is 0 Å². The van der Waals surface area contributed by atoms with Gasteiger partial charge >= 0.3 is 5.97 Å². The number of para-hydroxylation sites is 1. The Labute approximate surface area is 195 Å². The molecule has 2 aromatic heterocycles. The van der Waals surface area contributed by atoms with Crippen LogP contribution in [0.5, 0.6) is 0 Å². The topological polar surface area (TPSA) is 69.9 Å². The number of fused-ring (bicyclic) bond motifs is 1. The average molecular weight is 455 g/mol. The highest BCUT2D eigenvalue weighted by atomic mass is 35.5. The second-order valence-electron chi connectivity index (χ2n) is 7.49. The number of ether oxygens (including phenoxy) is 1. The number of halogens is 1. The van der Waals surface area contributed by atoms with E-state index in [2.05, 4.69) is 15.1 Å². The van der Waals surface area contributed by atoms with E-state index in [1.54, 1.807) is 47.3 Å². The lowest BCUT2D eigenvalue weighted by atomic mass is 10.0. The minimum Gasteiger partial charge on any atom is -0.447 e. The molecule has 7 heteroatoms. The van der Waals surface area contributed by atoms with E-state index >= 15 is 0 Å². The maximum Gasteiger partial charge on any atom is 0.339 e. The van der Waals surface area contributed by atoms with Gasteiger partial charge in [-0.05, 0) is 48.9 Å². The summed E-state index contributed by atoms with van der Waals surface area (Å²) in [7, 11) is 0. The Morgan fingerprint density at radius 3 is 2.27 bits per heavy atom. The third-order valence-electron chi connectivity index (χ3n) is 5.23. The molecular formula is C26H19ClN4O2. The lowest BCUT2D eigenvalue weighted by molar-refractivity contribution is 0.0373. The molecule has 2 heterocycles. The maximum atomic E-state index is 13.0. The van der Waals surface area contributed by atoms with Gasteiger partial charge in [-0.3, -0.25) is 0 Å². The number of hydrogen-bond donors (Lipinski definition) is 0. The molecule has 0 spiro atoms. The van der Waals surface area contributed by atoms with Gasteiger partial charge in [0.25, 0.3) is 0 Å². The van der Waals surface area contributed by atoms with Crippen LogP contribution in [0.4, 0.5) is 0 Å². The quantitative estimate of drug-likeness (QED) is 0.317. The molecule has 0 radical (unpaired) electrons. The minimum atomic E-state index is -0.771. The number of esters is 1. The van der Waals surface area contributed by atoms with E-state index < -0.39 is 12.1 Å². The molecule has 3 aromatic carbocycles. The van der Waals surface area contributed by atoms with E-state index in [1.165, 1.54) is 0 Å². The summed E-state index contributed by atoms with van der Waals surface area (Å²) in [6.07, 6.45) is 0.934. The van der Waals surface area contributed by atoms with Crippen molar-refractivity contribution in [3.8, 4) is 5.69 Å². The Kier molecular flexibility index (Phi) is 5.59. The van der Waals surface area contributed by atoms with Crippen LogP contribution in [0.15, 0.2) is 91.1 Å². The highest BCUT2D eigenvalue weighted by Gasteiger charge is 2.26. The monoisotopic (exact) mass is 454 g/mol. The van der Waals surface area contributed by atoms with E-state index in [4.69, 9.17) is 16.3 Å². The summed E-state index contributed by atoms with van der Waals surface area (Å²) < 4.78 is 7.77. The van der Waals surface area contributed by atoms with Crippen LogP contribution in [-0.4, -0.2) is 25.7 Å². The number of aryl methyl sites for hydroxylation is 1. The Bertz CT molecular complexity index is 1420. The molecule has 0 saturated carbocycles.